The molecule has 2 aromatic rings. The van der Waals surface area contributed by atoms with Gasteiger partial charge in [-0.2, -0.15) is 0 Å². The molecule has 0 saturated heterocycles. The van der Waals surface area contributed by atoms with Gasteiger partial charge in [-0.3, -0.25) is 9.59 Å². The second-order valence-corrected chi connectivity index (χ2v) is 8.23. The summed E-state index contributed by atoms with van der Waals surface area (Å²) in [6, 6.07) is 7.71. The van der Waals surface area contributed by atoms with Gasteiger partial charge in [-0.05, 0) is 11.5 Å². The highest BCUT2D eigenvalue weighted by atomic mass is 16.5. The number of hydrogen-bond donors (Lipinski definition) is 1. The molecule has 0 spiro atoms. The number of para-hydroxylation sites is 1. The van der Waals surface area contributed by atoms with Crippen molar-refractivity contribution >= 4 is 5.91 Å². The second kappa shape index (κ2) is 7.55. The molecule has 1 N–H and O–H groups in total. The van der Waals surface area contributed by atoms with Crippen molar-refractivity contribution in [2.24, 2.45) is 5.41 Å². The van der Waals surface area contributed by atoms with E-state index in [0.29, 0.717) is 43.7 Å². The zero-order chi connectivity index (χ0) is 19.6. The Morgan fingerprint density at radius 2 is 2.04 bits per heavy atom. The van der Waals surface area contributed by atoms with Crippen molar-refractivity contribution in [3.8, 4) is 5.75 Å². The van der Waals surface area contributed by atoms with Crippen molar-refractivity contribution in [1.29, 1.82) is 0 Å². The molecule has 0 saturated carbocycles. The van der Waals surface area contributed by atoms with E-state index < -0.39 is 0 Å². The summed E-state index contributed by atoms with van der Waals surface area (Å²) in [5.74, 6) is 1.49. The standard InChI is InChI=1S/C21H27N3O3/c1-21(2,3)12-19(25)24-10-9-16-15(13-24)20(26)23-18(22-16)11-14-7-5-6-8-17(14)27-4/h5-8H,9-13H2,1-4H3,(H,22,23,26). The highest BCUT2D eigenvalue weighted by molar-refractivity contribution is 5.77. The topological polar surface area (TPSA) is 75.3 Å². The Kier molecular flexibility index (Phi) is 5.35. The van der Waals surface area contributed by atoms with E-state index in [1.54, 1.807) is 12.0 Å². The number of rotatable bonds is 4. The Morgan fingerprint density at radius 3 is 2.74 bits per heavy atom. The van der Waals surface area contributed by atoms with Crippen LogP contribution in [-0.4, -0.2) is 34.4 Å². The minimum atomic E-state index is -0.154. The van der Waals surface area contributed by atoms with E-state index in [0.717, 1.165) is 17.0 Å². The number of nitrogens with one attached hydrogen (secondary N) is 1. The van der Waals surface area contributed by atoms with E-state index >= 15 is 0 Å². The fraction of sp³-hybridized carbons (Fsp3) is 0.476. The van der Waals surface area contributed by atoms with Gasteiger partial charge < -0.3 is 14.6 Å². The number of benzene rings is 1. The molecule has 3 rings (SSSR count). The zero-order valence-electron chi connectivity index (χ0n) is 16.5. The second-order valence-electron chi connectivity index (χ2n) is 8.23. The molecule has 0 bridgehead atoms. The molecule has 2 heterocycles. The van der Waals surface area contributed by atoms with Gasteiger partial charge in [-0.1, -0.05) is 39.0 Å². The lowest BCUT2D eigenvalue weighted by Crippen LogP contribution is -2.41. The quantitative estimate of drug-likeness (QED) is 0.899. The smallest absolute Gasteiger partial charge is 0.256 e. The Bertz CT molecular complexity index is 896. The number of carbonyl (C=O) groups excluding carboxylic acids is 1. The SMILES string of the molecule is COc1ccccc1Cc1nc2c(c(=O)[nH]1)CN(C(=O)CC(C)(C)C)CC2. The summed E-state index contributed by atoms with van der Waals surface area (Å²) < 4.78 is 5.38. The van der Waals surface area contributed by atoms with Gasteiger partial charge >= 0.3 is 0 Å². The molecule has 6 nitrogen and oxygen atoms in total. The van der Waals surface area contributed by atoms with Gasteiger partial charge in [0.05, 0.1) is 24.9 Å². The number of aromatic nitrogens is 2. The Hall–Kier alpha value is -2.63. The number of methoxy groups -OCH3 is 1. The number of hydrogen-bond acceptors (Lipinski definition) is 4. The highest BCUT2D eigenvalue weighted by Gasteiger charge is 2.27. The number of carbonyl (C=O) groups is 1. The average molecular weight is 369 g/mol. The molecule has 1 aliphatic heterocycles. The lowest BCUT2D eigenvalue weighted by atomic mass is 9.91. The summed E-state index contributed by atoms with van der Waals surface area (Å²) in [4.78, 5) is 34.4. The van der Waals surface area contributed by atoms with E-state index in [1.165, 1.54) is 0 Å². The molecule has 0 fully saturated rings. The predicted molar refractivity (Wildman–Crippen MR) is 104 cm³/mol. The third-order valence-corrected chi connectivity index (χ3v) is 4.70. The van der Waals surface area contributed by atoms with Crippen molar-refractivity contribution < 1.29 is 9.53 Å². The first kappa shape index (κ1) is 19.1. The van der Waals surface area contributed by atoms with Gasteiger partial charge in [-0.25, -0.2) is 4.98 Å². The van der Waals surface area contributed by atoms with Crippen molar-refractivity contribution in [1.82, 2.24) is 14.9 Å². The van der Waals surface area contributed by atoms with Gasteiger partial charge in [0.2, 0.25) is 5.91 Å². The fourth-order valence-corrected chi connectivity index (χ4v) is 3.37. The minimum absolute atomic E-state index is 0.0688. The van der Waals surface area contributed by atoms with Crippen LogP contribution in [0.15, 0.2) is 29.1 Å². The summed E-state index contributed by atoms with van der Waals surface area (Å²) in [6.45, 7) is 7.07. The Balaban J connectivity index is 1.80. The van der Waals surface area contributed by atoms with Crippen LogP contribution in [0.4, 0.5) is 0 Å². The molecule has 6 heteroatoms. The van der Waals surface area contributed by atoms with Crippen molar-refractivity contribution in [3.05, 3.63) is 57.3 Å². The lowest BCUT2D eigenvalue weighted by Gasteiger charge is -2.30. The fourth-order valence-electron chi connectivity index (χ4n) is 3.37. The van der Waals surface area contributed by atoms with E-state index in [-0.39, 0.29) is 16.9 Å². The zero-order valence-corrected chi connectivity index (χ0v) is 16.5. The summed E-state index contributed by atoms with van der Waals surface area (Å²) in [7, 11) is 1.63. The van der Waals surface area contributed by atoms with Crippen LogP contribution in [0.1, 0.15) is 49.8 Å². The molecule has 0 aliphatic carbocycles. The van der Waals surface area contributed by atoms with Gasteiger partial charge in [0.1, 0.15) is 11.6 Å². The van der Waals surface area contributed by atoms with E-state index in [1.807, 2.05) is 45.0 Å². The average Bonchev–Trinajstić information content (AvgIpc) is 2.60. The number of nitrogens with zero attached hydrogens (tertiary/aromatic N) is 2. The first-order valence-corrected chi connectivity index (χ1v) is 9.27. The minimum Gasteiger partial charge on any atom is -0.496 e. The molecule has 144 valence electrons. The predicted octanol–water partition coefficient (Wildman–Crippen LogP) is 2.69. The number of ether oxygens (including phenoxy) is 1. The lowest BCUT2D eigenvalue weighted by molar-refractivity contribution is -0.134. The molecular formula is C21H27N3O3. The Morgan fingerprint density at radius 1 is 1.30 bits per heavy atom. The van der Waals surface area contributed by atoms with Crippen molar-refractivity contribution in [3.63, 3.8) is 0 Å². The van der Waals surface area contributed by atoms with Crippen molar-refractivity contribution in [2.75, 3.05) is 13.7 Å². The van der Waals surface area contributed by atoms with Gasteiger partial charge in [0.25, 0.3) is 5.56 Å². The van der Waals surface area contributed by atoms with Crippen molar-refractivity contribution in [2.45, 2.75) is 46.6 Å². The third kappa shape index (κ3) is 4.56. The molecule has 1 amide bonds. The molecule has 0 atom stereocenters. The molecule has 1 aliphatic rings. The van der Waals surface area contributed by atoms with Crippen LogP contribution < -0.4 is 10.3 Å². The summed E-state index contributed by atoms with van der Waals surface area (Å²) in [6.07, 6.45) is 1.58. The van der Waals surface area contributed by atoms with Crippen LogP contribution in [0.2, 0.25) is 0 Å². The Labute approximate surface area is 159 Å². The molecule has 0 radical (unpaired) electrons. The molecule has 0 unspecified atom stereocenters. The van der Waals surface area contributed by atoms with E-state index in [9.17, 15) is 9.59 Å². The van der Waals surface area contributed by atoms with Gasteiger partial charge in [0, 0.05) is 31.4 Å². The van der Waals surface area contributed by atoms with E-state index in [2.05, 4.69) is 9.97 Å². The van der Waals surface area contributed by atoms with Crippen LogP contribution in [0.25, 0.3) is 0 Å². The summed E-state index contributed by atoms with van der Waals surface area (Å²) >= 11 is 0. The normalized spacial score (nSPS) is 14.0. The molecule has 27 heavy (non-hydrogen) atoms. The van der Waals surface area contributed by atoms with E-state index in [4.69, 9.17) is 4.74 Å². The number of fused-ring (bicyclic) bond motifs is 1. The van der Waals surface area contributed by atoms with Crippen LogP contribution in [0, 0.1) is 5.41 Å². The maximum absolute atomic E-state index is 12.6. The largest absolute Gasteiger partial charge is 0.496 e. The van der Waals surface area contributed by atoms with Crippen LogP contribution in [0.5, 0.6) is 5.75 Å². The first-order valence-electron chi connectivity index (χ1n) is 9.27. The highest BCUT2D eigenvalue weighted by Crippen LogP contribution is 2.23. The van der Waals surface area contributed by atoms with Gasteiger partial charge in [0.15, 0.2) is 0 Å². The maximum atomic E-state index is 12.6. The number of H-pyrrole nitrogens is 1. The first-order chi connectivity index (χ1) is 12.8. The third-order valence-electron chi connectivity index (χ3n) is 4.70. The number of amides is 1. The van der Waals surface area contributed by atoms with Crippen LogP contribution in [0.3, 0.4) is 0 Å². The number of aromatic amines is 1. The maximum Gasteiger partial charge on any atom is 0.256 e. The molecular weight excluding hydrogens is 342 g/mol. The van der Waals surface area contributed by atoms with Crippen LogP contribution >= 0.6 is 0 Å². The molecule has 1 aromatic carbocycles. The summed E-state index contributed by atoms with van der Waals surface area (Å²) in [5.41, 5.74) is 2.15. The molecule has 1 aromatic heterocycles. The van der Waals surface area contributed by atoms with Crippen LogP contribution in [-0.2, 0) is 24.2 Å². The monoisotopic (exact) mass is 369 g/mol. The summed E-state index contributed by atoms with van der Waals surface area (Å²) in [5, 5.41) is 0. The van der Waals surface area contributed by atoms with Gasteiger partial charge in [-0.15, -0.1) is 0 Å².